The number of H-pyrrole nitrogens is 2. The van der Waals surface area contributed by atoms with Crippen LogP contribution in [-0.4, -0.2) is 25.2 Å². The number of aryl methyl sites for hydroxylation is 4. The molecule has 5 rings (SSSR count). The molecule has 0 aliphatic heterocycles. The first-order chi connectivity index (χ1) is 17.5. The van der Waals surface area contributed by atoms with E-state index in [0.717, 1.165) is 63.3 Å². The summed E-state index contributed by atoms with van der Waals surface area (Å²) in [7, 11) is 0. The van der Waals surface area contributed by atoms with E-state index in [1.807, 2.05) is 74.6 Å². The molecule has 0 saturated carbocycles. The van der Waals surface area contributed by atoms with E-state index in [1.165, 1.54) is 0 Å². The predicted octanol–water partition coefficient (Wildman–Crippen LogP) is 6.51. The molecule has 0 unspecified atom stereocenters. The minimum atomic E-state index is -0.196. The fourth-order valence-corrected chi connectivity index (χ4v) is 5.23. The molecule has 190 valence electrons. The monoisotopic (exact) mass is 827 g/mol. The van der Waals surface area contributed by atoms with Crippen LogP contribution >= 0.6 is 67.8 Å². The number of aromatic nitrogens is 4. The first-order valence-corrected chi connectivity index (χ1v) is 14.1. The molecular formula is C24H25I3N6O3. The maximum absolute atomic E-state index is 11.3. The number of alkyl halides is 1. The molecule has 12 heteroatoms. The van der Waals surface area contributed by atoms with E-state index < -0.39 is 0 Å². The molecule has 3 heterocycles. The van der Waals surface area contributed by atoms with E-state index >= 15 is 0 Å². The summed E-state index contributed by atoms with van der Waals surface area (Å²) in [5, 5.41) is 7.88. The van der Waals surface area contributed by atoms with Crippen molar-refractivity contribution in [3.8, 4) is 22.3 Å². The minimum Gasteiger partial charge on any atom is -0.397 e. The maximum Gasteiger partial charge on any atom is 0.323 e. The van der Waals surface area contributed by atoms with Gasteiger partial charge in [-0.05, 0) is 113 Å². The lowest BCUT2D eigenvalue weighted by molar-refractivity contribution is 0.393. The number of anilines is 2. The molecule has 0 saturated heterocycles. The molecule has 9 nitrogen and oxygen atoms in total. The number of fused-ring (bicyclic) bond motifs is 1. The van der Waals surface area contributed by atoms with Crippen LogP contribution in [0.15, 0.2) is 38.1 Å². The Bertz CT molecular complexity index is 1540. The number of imidazole rings is 1. The zero-order valence-corrected chi connectivity index (χ0v) is 26.4. The highest BCUT2D eigenvalue weighted by atomic mass is 127. The number of hydrogen-bond acceptors (Lipinski definition) is 7. The Hall–Kier alpha value is -2.08. The molecule has 0 aliphatic carbocycles. The highest BCUT2D eigenvalue weighted by molar-refractivity contribution is 14.1. The Kier molecular flexibility index (Phi) is 8.97. The lowest BCUT2D eigenvalue weighted by atomic mass is 10.0. The average Bonchev–Trinajstić information content (AvgIpc) is 3.48. The second kappa shape index (κ2) is 12.0. The molecule has 6 N–H and O–H groups in total. The Morgan fingerprint density at radius 2 is 1.36 bits per heavy atom. The summed E-state index contributed by atoms with van der Waals surface area (Å²) in [5.74, 6) is 1.57. The fraction of sp³-hybridized carbons (Fsp3) is 0.208. The molecule has 0 radical (unpaired) electrons. The average molecular weight is 827 g/mol. The van der Waals surface area contributed by atoms with Gasteiger partial charge in [-0.15, -0.1) is 0 Å². The highest BCUT2D eigenvalue weighted by Gasteiger charge is 2.15. The first kappa shape index (κ1) is 27.0. The van der Waals surface area contributed by atoms with Gasteiger partial charge in [0.15, 0.2) is 0 Å². The van der Waals surface area contributed by atoms with Gasteiger partial charge in [0, 0.05) is 19.6 Å². The largest absolute Gasteiger partial charge is 0.397 e. The Morgan fingerprint density at radius 1 is 0.861 bits per heavy atom. The van der Waals surface area contributed by atoms with E-state index in [-0.39, 0.29) is 5.69 Å². The topological polar surface area (TPSA) is 153 Å². The van der Waals surface area contributed by atoms with E-state index in [2.05, 4.69) is 65.5 Å². The number of halogens is 3. The number of nitrogens with one attached hydrogen (secondary N) is 2. The SMILES string of the molecule is Cc1noc(C)c1-c1cc(I)c2[nH]c(=O)[nH]c2c1.Cc1noc(C)c1-c1cc(N)c(N)c(I)c1.[2H]CI. The number of benzene rings is 2. The van der Waals surface area contributed by atoms with Crippen molar-refractivity contribution in [3.05, 3.63) is 64.8 Å². The molecule has 0 bridgehead atoms. The van der Waals surface area contributed by atoms with Crippen LogP contribution in [0.5, 0.6) is 0 Å². The molecule has 0 aliphatic rings. The molecule has 5 aromatic rings. The van der Waals surface area contributed by atoms with Crippen molar-refractivity contribution in [2.24, 2.45) is 0 Å². The molecular weight excluding hydrogens is 801 g/mol. The lowest BCUT2D eigenvalue weighted by Gasteiger charge is -2.07. The van der Waals surface area contributed by atoms with Gasteiger partial charge in [0.25, 0.3) is 0 Å². The summed E-state index contributed by atoms with van der Waals surface area (Å²) in [4.78, 5) is 17.3. The molecule has 0 spiro atoms. The number of nitrogens with zero attached hydrogens (tertiary/aromatic N) is 2. The molecule has 0 fully saturated rings. The second-order valence-corrected chi connectivity index (χ2v) is 10.1. The van der Waals surface area contributed by atoms with Crippen molar-refractivity contribution < 1.29 is 10.4 Å². The van der Waals surface area contributed by atoms with Crippen molar-refractivity contribution in [3.63, 3.8) is 0 Å². The van der Waals surface area contributed by atoms with Crippen LogP contribution in [0.25, 0.3) is 33.3 Å². The van der Waals surface area contributed by atoms with Crippen molar-refractivity contribution in [1.29, 1.82) is 0 Å². The number of rotatable bonds is 2. The molecule has 0 atom stereocenters. The van der Waals surface area contributed by atoms with Gasteiger partial charge in [-0.1, -0.05) is 32.9 Å². The van der Waals surface area contributed by atoms with Gasteiger partial charge < -0.3 is 30.5 Å². The summed E-state index contributed by atoms with van der Waals surface area (Å²) in [5.41, 5.74) is 20.0. The number of aromatic amines is 2. The summed E-state index contributed by atoms with van der Waals surface area (Å²) < 4.78 is 18.4. The van der Waals surface area contributed by atoms with Gasteiger partial charge in [0.1, 0.15) is 11.5 Å². The third-order valence-corrected chi connectivity index (χ3v) is 7.13. The highest BCUT2D eigenvalue weighted by Crippen LogP contribution is 2.33. The molecule has 0 amide bonds. The van der Waals surface area contributed by atoms with E-state index in [0.29, 0.717) is 16.3 Å². The van der Waals surface area contributed by atoms with Crippen LogP contribution in [0, 0.1) is 34.8 Å². The van der Waals surface area contributed by atoms with Crippen molar-refractivity contribution >= 4 is 90.2 Å². The zero-order chi connectivity index (χ0) is 27.4. The smallest absolute Gasteiger partial charge is 0.323 e. The first-order valence-electron chi connectivity index (χ1n) is 11.2. The number of hydrogen-bond donors (Lipinski definition) is 4. The van der Waals surface area contributed by atoms with Gasteiger partial charge in [-0.25, -0.2) is 4.79 Å². The quantitative estimate of drug-likeness (QED) is 0.0900. The van der Waals surface area contributed by atoms with E-state index in [9.17, 15) is 4.79 Å². The maximum atomic E-state index is 11.3. The summed E-state index contributed by atoms with van der Waals surface area (Å²) in [6.45, 7) is 7.58. The van der Waals surface area contributed by atoms with Gasteiger partial charge >= 0.3 is 5.69 Å². The third kappa shape index (κ3) is 5.90. The van der Waals surface area contributed by atoms with Gasteiger partial charge in [-0.2, -0.15) is 0 Å². The van der Waals surface area contributed by atoms with Crippen molar-refractivity contribution in [1.82, 2.24) is 20.3 Å². The van der Waals surface area contributed by atoms with Crippen LogP contribution in [0.3, 0.4) is 0 Å². The number of nitrogen functional groups attached to an aromatic ring is 2. The van der Waals surface area contributed by atoms with Crippen LogP contribution in [0.4, 0.5) is 11.4 Å². The second-order valence-electron chi connectivity index (χ2n) is 7.82. The van der Waals surface area contributed by atoms with Crippen LogP contribution < -0.4 is 17.2 Å². The molecule has 2 aromatic carbocycles. The third-order valence-electron chi connectivity index (χ3n) is 5.38. The number of nitrogens with two attached hydrogens (primary N) is 2. The van der Waals surface area contributed by atoms with Crippen LogP contribution in [0.2, 0.25) is 0 Å². The van der Waals surface area contributed by atoms with E-state index in [4.69, 9.17) is 21.9 Å². The molecule has 3 aromatic heterocycles. The van der Waals surface area contributed by atoms with Crippen LogP contribution in [0.1, 0.15) is 24.3 Å². The Morgan fingerprint density at radius 3 is 1.83 bits per heavy atom. The Balaban J connectivity index is 0.000000187. The van der Waals surface area contributed by atoms with Crippen LogP contribution in [-0.2, 0) is 0 Å². The minimum absolute atomic E-state index is 0.196. The fourth-order valence-electron chi connectivity index (χ4n) is 3.82. The normalized spacial score (nSPS) is 10.9. The zero-order valence-electron chi connectivity index (χ0n) is 20.9. The predicted molar refractivity (Wildman–Crippen MR) is 170 cm³/mol. The standard InChI is InChI=1S/C12H10IN3O2.C11H12IN3O.CH3I/c1-5-10(6(2)18-16-5)7-3-8(13)11-9(4-7)14-12(17)15-11;1-5-10(6(2)16-15-5)7-3-8(12)11(14)9(13)4-7;1-2/h3-4H,1-2H3,(H2,14,15,17);3-4H,13-14H2,1-2H3;1H3/i;;1D. The van der Waals surface area contributed by atoms with Crippen molar-refractivity contribution in [2.45, 2.75) is 27.7 Å². The summed E-state index contributed by atoms with van der Waals surface area (Å²) in [6, 6.07) is 7.78. The van der Waals surface area contributed by atoms with Gasteiger partial charge in [-0.3, -0.25) is 0 Å². The van der Waals surface area contributed by atoms with E-state index in [1.54, 1.807) is 0 Å². The Labute approximate surface area is 250 Å². The van der Waals surface area contributed by atoms with Gasteiger partial charge in [0.05, 0.1) is 33.8 Å². The lowest BCUT2D eigenvalue weighted by Crippen LogP contribution is -1.99. The van der Waals surface area contributed by atoms with Crippen molar-refractivity contribution in [2.75, 3.05) is 16.4 Å². The summed E-state index contributed by atoms with van der Waals surface area (Å²) >= 11 is 6.33. The summed E-state index contributed by atoms with van der Waals surface area (Å²) in [6.07, 6.45) is 0. The molecule has 36 heavy (non-hydrogen) atoms. The van der Waals surface area contributed by atoms with Gasteiger partial charge in [0.2, 0.25) is 0 Å².